The van der Waals surface area contributed by atoms with Crippen molar-refractivity contribution in [3.8, 4) is 5.75 Å². The van der Waals surface area contributed by atoms with Crippen LogP contribution in [0.5, 0.6) is 5.75 Å². The Bertz CT molecular complexity index is 726. The summed E-state index contributed by atoms with van der Waals surface area (Å²) in [6.07, 6.45) is 3.03. The molecule has 0 aliphatic rings. The van der Waals surface area contributed by atoms with Crippen molar-refractivity contribution in [1.29, 1.82) is 5.41 Å². The van der Waals surface area contributed by atoms with Crippen LogP contribution < -0.4 is 10.2 Å². The van der Waals surface area contributed by atoms with Crippen LogP contribution >= 0.6 is 34.8 Å². The van der Waals surface area contributed by atoms with E-state index in [0.29, 0.717) is 5.56 Å². The maximum Gasteiger partial charge on any atom is 0.369 e. The number of hydrogen-bond donors (Lipinski definition) is 2. The van der Waals surface area contributed by atoms with E-state index in [1.807, 2.05) is 0 Å². The van der Waals surface area contributed by atoms with Gasteiger partial charge in [-0.3, -0.25) is 10.4 Å². The third-order valence-electron chi connectivity index (χ3n) is 2.56. The molecule has 0 unspecified atom stereocenters. The maximum absolute atomic E-state index is 11.6. The predicted octanol–water partition coefficient (Wildman–Crippen LogP) is 3.49. The van der Waals surface area contributed by atoms with Crippen molar-refractivity contribution in [1.82, 2.24) is 10.5 Å². The molecule has 1 aromatic heterocycles. The van der Waals surface area contributed by atoms with Gasteiger partial charge >= 0.3 is 5.97 Å². The minimum atomic E-state index is -0.744. The summed E-state index contributed by atoms with van der Waals surface area (Å²) in [5.74, 6) is -0.638. The highest BCUT2D eigenvalue weighted by Crippen LogP contribution is 2.33. The molecule has 0 atom stereocenters. The molecule has 0 fully saturated rings. The fourth-order valence-electron chi connectivity index (χ4n) is 1.47. The van der Waals surface area contributed by atoms with Gasteiger partial charge < -0.3 is 9.57 Å². The molecule has 0 aliphatic carbocycles. The predicted molar refractivity (Wildman–Crippen MR) is 87.3 cm³/mol. The number of nitrogens with zero attached hydrogens (tertiary/aromatic N) is 1. The molecular weight excluding hydrogens is 365 g/mol. The number of hydrogen-bond acceptors (Lipinski definition) is 5. The number of carbonyl (C=O) groups is 1. The standard InChI is InChI=1S/C14H10Cl3N3O3/c15-9-5-11(17)12(6-10(9)16)22-7-13(21)23-20-14(18)8-1-3-19-4-2-8/h1-6H,7H2,(H2,18,20). The molecule has 0 spiro atoms. The van der Waals surface area contributed by atoms with E-state index in [1.54, 1.807) is 12.1 Å². The molecule has 23 heavy (non-hydrogen) atoms. The average molecular weight is 375 g/mol. The number of halogens is 3. The lowest BCUT2D eigenvalue weighted by atomic mass is 10.2. The lowest BCUT2D eigenvalue weighted by Gasteiger charge is -2.10. The molecule has 0 amide bonds. The molecule has 0 saturated heterocycles. The van der Waals surface area contributed by atoms with Crippen molar-refractivity contribution in [3.63, 3.8) is 0 Å². The summed E-state index contributed by atoms with van der Waals surface area (Å²) in [7, 11) is 0. The van der Waals surface area contributed by atoms with Gasteiger partial charge in [0.2, 0.25) is 0 Å². The van der Waals surface area contributed by atoms with Crippen LogP contribution in [0.15, 0.2) is 36.7 Å². The van der Waals surface area contributed by atoms with Crippen LogP contribution in [0.2, 0.25) is 15.1 Å². The minimum absolute atomic E-state index is 0.0895. The van der Waals surface area contributed by atoms with Crippen molar-refractivity contribution in [2.45, 2.75) is 0 Å². The van der Waals surface area contributed by atoms with E-state index in [1.165, 1.54) is 24.5 Å². The normalized spacial score (nSPS) is 10.0. The van der Waals surface area contributed by atoms with Crippen LogP contribution in [0.3, 0.4) is 0 Å². The molecule has 6 nitrogen and oxygen atoms in total. The third kappa shape index (κ3) is 4.99. The maximum atomic E-state index is 11.6. The number of ether oxygens (including phenoxy) is 1. The summed E-state index contributed by atoms with van der Waals surface area (Å²) in [5, 5.41) is 8.43. The fraction of sp³-hybridized carbons (Fsp3) is 0.0714. The zero-order valence-corrected chi connectivity index (χ0v) is 13.7. The first-order chi connectivity index (χ1) is 11.0. The lowest BCUT2D eigenvalue weighted by Crippen LogP contribution is -2.29. The molecule has 0 radical (unpaired) electrons. The van der Waals surface area contributed by atoms with Crippen molar-refractivity contribution < 1.29 is 14.4 Å². The Morgan fingerprint density at radius 3 is 2.48 bits per heavy atom. The molecule has 1 heterocycles. The molecule has 0 saturated carbocycles. The minimum Gasteiger partial charge on any atom is -0.480 e. The number of hydroxylamine groups is 1. The van der Waals surface area contributed by atoms with Gasteiger partial charge in [0.15, 0.2) is 12.4 Å². The Morgan fingerprint density at radius 2 is 1.78 bits per heavy atom. The van der Waals surface area contributed by atoms with E-state index in [4.69, 9.17) is 49.8 Å². The van der Waals surface area contributed by atoms with Crippen LogP contribution in [0.1, 0.15) is 5.56 Å². The fourth-order valence-corrected chi connectivity index (χ4v) is 2.06. The second kappa shape index (κ2) is 8.01. The van der Waals surface area contributed by atoms with Crippen LogP contribution in [0, 0.1) is 5.41 Å². The lowest BCUT2D eigenvalue weighted by molar-refractivity contribution is -0.150. The SMILES string of the molecule is N=C(NOC(=O)COc1cc(Cl)c(Cl)cc1Cl)c1ccncc1. The van der Waals surface area contributed by atoms with Gasteiger partial charge in [-0.1, -0.05) is 34.8 Å². The molecule has 0 bridgehead atoms. The topological polar surface area (TPSA) is 84.3 Å². The highest BCUT2D eigenvalue weighted by Gasteiger charge is 2.11. The molecular formula is C14H10Cl3N3O3. The van der Waals surface area contributed by atoms with E-state index in [2.05, 4.69) is 10.5 Å². The van der Waals surface area contributed by atoms with E-state index in [9.17, 15) is 4.79 Å². The molecule has 120 valence electrons. The monoisotopic (exact) mass is 373 g/mol. The molecule has 2 rings (SSSR count). The van der Waals surface area contributed by atoms with Crippen molar-refractivity contribution in [3.05, 3.63) is 57.3 Å². The summed E-state index contributed by atoms with van der Waals surface area (Å²) in [6.45, 7) is -0.422. The summed E-state index contributed by atoms with van der Waals surface area (Å²) in [5.41, 5.74) is 2.73. The van der Waals surface area contributed by atoms with Gasteiger partial charge in [-0.25, -0.2) is 10.3 Å². The Labute approximate surface area is 146 Å². The second-order valence-electron chi connectivity index (χ2n) is 4.17. The van der Waals surface area contributed by atoms with Crippen LogP contribution in [0.25, 0.3) is 0 Å². The number of pyridine rings is 1. The smallest absolute Gasteiger partial charge is 0.369 e. The third-order valence-corrected chi connectivity index (χ3v) is 3.57. The van der Waals surface area contributed by atoms with Gasteiger partial charge in [0.1, 0.15) is 5.75 Å². The number of aromatic nitrogens is 1. The Balaban J connectivity index is 1.84. The molecule has 1 aromatic carbocycles. The van der Waals surface area contributed by atoms with Gasteiger partial charge in [-0.05, 0) is 18.2 Å². The molecule has 2 N–H and O–H groups in total. The highest BCUT2D eigenvalue weighted by atomic mass is 35.5. The van der Waals surface area contributed by atoms with Crippen LogP contribution in [0.4, 0.5) is 0 Å². The van der Waals surface area contributed by atoms with Gasteiger partial charge in [0.25, 0.3) is 0 Å². The molecule has 9 heteroatoms. The van der Waals surface area contributed by atoms with Crippen LogP contribution in [-0.4, -0.2) is 23.4 Å². The van der Waals surface area contributed by atoms with E-state index in [-0.39, 0.29) is 26.7 Å². The number of rotatable bonds is 4. The number of nitrogens with one attached hydrogen (secondary N) is 2. The summed E-state index contributed by atoms with van der Waals surface area (Å²) in [6, 6.07) is 5.99. The quantitative estimate of drug-likeness (QED) is 0.370. The number of carbonyl (C=O) groups excluding carboxylic acids is 1. The largest absolute Gasteiger partial charge is 0.480 e. The van der Waals surface area contributed by atoms with E-state index in [0.717, 1.165) is 0 Å². The summed E-state index contributed by atoms with van der Waals surface area (Å²) < 4.78 is 5.20. The van der Waals surface area contributed by atoms with Crippen molar-refractivity contribution in [2.75, 3.05) is 6.61 Å². The summed E-state index contributed by atoms with van der Waals surface area (Å²) in [4.78, 5) is 20.1. The van der Waals surface area contributed by atoms with Gasteiger partial charge in [-0.15, -0.1) is 0 Å². The zero-order chi connectivity index (χ0) is 16.8. The molecule has 2 aromatic rings. The van der Waals surface area contributed by atoms with E-state index < -0.39 is 12.6 Å². The molecule has 0 aliphatic heterocycles. The first-order valence-electron chi connectivity index (χ1n) is 6.19. The second-order valence-corrected chi connectivity index (χ2v) is 5.39. The van der Waals surface area contributed by atoms with Gasteiger partial charge in [0.05, 0.1) is 15.1 Å². The van der Waals surface area contributed by atoms with Crippen molar-refractivity contribution >= 4 is 46.6 Å². The first kappa shape index (κ1) is 17.3. The van der Waals surface area contributed by atoms with Crippen molar-refractivity contribution in [2.24, 2.45) is 0 Å². The number of benzene rings is 1. The van der Waals surface area contributed by atoms with Gasteiger partial charge in [-0.2, -0.15) is 0 Å². The first-order valence-corrected chi connectivity index (χ1v) is 7.32. The summed E-state index contributed by atoms with van der Waals surface area (Å²) >= 11 is 17.5. The van der Waals surface area contributed by atoms with Crippen LogP contribution in [-0.2, 0) is 9.63 Å². The Hall–Kier alpha value is -2.02. The van der Waals surface area contributed by atoms with E-state index >= 15 is 0 Å². The van der Waals surface area contributed by atoms with Gasteiger partial charge in [0, 0.05) is 24.0 Å². The Kier molecular flexibility index (Phi) is 6.04. The number of amidine groups is 1. The zero-order valence-electron chi connectivity index (χ0n) is 11.5. The average Bonchev–Trinajstić information content (AvgIpc) is 2.55. The Morgan fingerprint density at radius 1 is 1.13 bits per heavy atom. The highest BCUT2D eigenvalue weighted by molar-refractivity contribution is 6.43.